The third-order valence-corrected chi connectivity index (χ3v) is 3.83. The molecule has 0 saturated heterocycles. The lowest BCUT2D eigenvalue weighted by atomic mass is 9.70. The number of Topliss-reactive ketones (excluding diaryl/α,β-unsaturated/α-hetero) is 1. The zero-order valence-corrected chi connectivity index (χ0v) is 17.9. The van der Waals surface area contributed by atoms with Gasteiger partial charge in [0.05, 0.1) is 5.60 Å². The van der Waals surface area contributed by atoms with E-state index in [1.54, 1.807) is 12.2 Å². The lowest BCUT2D eigenvalue weighted by molar-refractivity contribution is -0.387. The summed E-state index contributed by atoms with van der Waals surface area (Å²) in [4.78, 5) is 35.9. The van der Waals surface area contributed by atoms with Crippen LogP contribution in [0.3, 0.4) is 0 Å². The van der Waals surface area contributed by atoms with Crippen molar-refractivity contribution in [2.24, 2.45) is 10.8 Å². The Morgan fingerprint density at radius 1 is 0.923 bits per heavy atom. The maximum absolute atomic E-state index is 13.1. The summed E-state index contributed by atoms with van der Waals surface area (Å²) in [5, 5.41) is 0. The normalized spacial score (nSPS) is 18.3. The molecule has 148 valence electrons. The number of carbonyl (C=O) groups excluding carboxylic acids is 2. The maximum atomic E-state index is 13.1. The quantitative estimate of drug-likeness (QED) is 0.414. The first-order valence-electron chi connectivity index (χ1n) is 8.98. The molecule has 0 bridgehead atoms. The molecule has 0 aromatic carbocycles. The van der Waals surface area contributed by atoms with Gasteiger partial charge in [0.15, 0.2) is 11.4 Å². The number of hydrogen-bond donors (Lipinski definition) is 0. The van der Waals surface area contributed by atoms with Crippen LogP contribution < -0.4 is 0 Å². The minimum Gasteiger partial charge on any atom is -0.462 e. The highest BCUT2D eigenvalue weighted by atomic mass is 17.2. The Hall–Kier alpha value is -1.46. The Kier molecular flexibility index (Phi) is 6.32. The molecule has 0 radical (unpaired) electrons. The summed E-state index contributed by atoms with van der Waals surface area (Å²) in [6, 6.07) is 0. The second kappa shape index (κ2) is 7.28. The highest BCUT2D eigenvalue weighted by molar-refractivity contribution is 6.11. The van der Waals surface area contributed by atoms with Gasteiger partial charge in [-0.15, -0.1) is 0 Å². The fourth-order valence-electron chi connectivity index (χ4n) is 2.49. The van der Waals surface area contributed by atoms with Gasteiger partial charge in [0.1, 0.15) is 6.61 Å². The second-order valence-electron chi connectivity index (χ2n) is 9.96. The summed E-state index contributed by atoms with van der Waals surface area (Å²) >= 11 is 0. The molecular weight excluding hydrogens is 332 g/mol. The summed E-state index contributed by atoms with van der Waals surface area (Å²) in [7, 11) is 0. The molecule has 0 atom stereocenters. The SMILES string of the molecule is CC(=O)OCC1(OOC(C)(C)C)C=C(C(C)(C)C)C(=O)C(C(C)(C)C)=C1. The van der Waals surface area contributed by atoms with E-state index >= 15 is 0 Å². The van der Waals surface area contributed by atoms with Gasteiger partial charge < -0.3 is 4.74 Å². The molecule has 0 aromatic heterocycles. The molecule has 0 saturated carbocycles. The van der Waals surface area contributed by atoms with E-state index < -0.39 is 28.0 Å². The average molecular weight is 366 g/mol. The molecular formula is C21H34O5. The number of carbonyl (C=O) groups is 2. The summed E-state index contributed by atoms with van der Waals surface area (Å²) in [5.41, 5.74) is -1.26. The Labute approximate surface area is 157 Å². The zero-order chi connectivity index (χ0) is 20.6. The molecule has 1 rings (SSSR count). The first kappa shape index (κ1) is 22.6. The highest BCUT2D eigenvalue weighted by Crippen LogP contribution is 2.41. The molecule has 0 unspecified atom stereocenters. The molecule has 26 heavy (non-hydrogen) atoms. The van der Waals surface area contributed by atoms with Crippen LogP contribution in [0.25, 0.3) is 0 Å². The average Bonchev–Trinajstić information content (AvgIpc) is 2.41. The monoisotopic (exact) mass is 366 g/mol. The van der Waals surface area contributed by atoms with Crippen LogP contribution >= 0.6 is 0 Å². The fraction of sp³-hybridized carbons (Fsp3) is 0.714. The minimum atomic E-state index is -1.15. The van der Waals surface area contributed by atoms with Crippen molar-refractivity contribution in [1.29, 1.82) is 0 Å². The molecule has 0 amide bonds. The molecule has 1 aliphatic rings. The Morgan fingerprint density at radius 3 is 1.65 bits per heavy atom. The second-order valence-corrected chi connectivity index (χ2v) is 9.96. The molecule has 0 N–H and O–H groups in total. The van der Waals surface area contributed by atoms with Gasteiger partial charge in [0.25, 0.3) is 0 Å². The van der Waals surface area contributed by atoms with Gasteiger partial charge in [0, 0.05) is 18.1 Å². The van der Waals surface area contributed by atoms with E-state index in [2.05, 4.69) is 0 Å². The standard InChI is InChI=1S/C21H34O5/c1-14(22)24-13-21(26-25-20(8,9)10)11-15(18(2,3)4)17(23)16(12-21)19(5,6)7/h11-12H,13H2,1-10H3. The van der Waals surface area contributed by atoms with Crippen molar-refractivity contribution < 1.29 is 24.1 Å². The van der Waals surface area contributed by atoms with Crippen LogP contribution in [0.5, 0.6) is 0 Å². The number of ether oxygens (including phenoxy) is 1. The van der Waals surface area contributed by atoms with E-state index in [-0.39, 0.29) is 12.4 Å². The van der Waals surface area contributed by atoms with Crippen molar-refractivity contribution in [2.45, 2.75) is 80.4 Å². The van der Waals surface area contributed by atoms with Crippen LogP contribution in [0.15, 0.2) is 23.3 Å². The first-order chi connectivity index (χ1) is 11.5. The van der Waals surface area contributed by atoms with Gasteiger partial charge >= 0.3 is 5.97 Å². The van der Waals surface area contributed by atoms with Crippen LogP contribution in [0.2, 0.25) is 0 Å². The number of hydrogen-bond acceptors (Lipinski definition) is 5. The van der Waals surface area contributed by atoms with E-state index in [1.165, 1.54) is 6.92 Å². The predicted molar refractivity (Wildman–Crippen MR) is 101 cm³/mol. The van der Waals surface area contributed by atoms with Crippen molar-refractivity contribution in [3.63, 3.8) is 0 Å². The number of allylic oxidation sites excluding steroid dienone is 2. The molecule has 0 heterocycles. The molecule has 1 aliphatic carbocycles. The Morgan fingerprint density at radius 2 is 1.35 bits per heavy atom. The topological polar surface area (TPSA) is 61.8 Å². The van der Waals surface area contributed by atoms with Gasteiger partial charge in [-0.05, 0) is 43.8 Å². The molecule has 0 spiro atoms. The van der Waals surface area contributed by atoms with Gasteiger partial charge in [-0.3, -0.25) is 9.59 Å². The van der Waals surface area contributed by atoms with Gasteiger partial charge in [-0.1, -0.05) is 41.5 Å². The van der Waals surface area contributed by atoms with Crippen LogP contribution in [-0.4, -0.2) is 29.6 Å². The van der Waals surface area contributed by atoms with Crippen LogP contribution in [-0.2, 0) is 24.1 Å². The summed E-state index contributed by atoms with van der Waals surface area (Å²) in [6.07, 6.45) is 3.47. The molecule has 5 heteroatoms. The summed E-state index contributed by atoms with van der Waals surface area (Å²) in [6.45, 7) is 18.7. The predicted octanol–water partition coefficient (Wildman–Crippen LogP) is 4.56. The van der Waals surface area contributed by atoms with Crippen LogP contribution in [0, 0.1) is 10.8 Å². The summed E-state index contributed by atoms with van der Waals surface area (Å²) in [5.74, 6) is -0.431. The van der Waals surface area contributed by atoms with E-state index in [4.69, 9.17) is 14.5 Å². The molecule has 0 fully saturated rings. The number of ketones is 1. The van der Waals surface area contributed by atoms with Crippen LogP contribution in [0.1, 0.15) is 69.2 Å². The third-order valence-electron chi connectivity index (χ3n) is 3.83. The lowest BCUT2D eigenvalue weighted by Gasteiger charge is -2.38. The molecule has 5 nitrogen and oxygen atoms in total. The number of esters is 1. The highest BCUT2D eigenvalue weighted by Gasteiger charge is 2.43. The summed E-state index contributed by atoms with van der Waals surface area (Å²) < 4.78 is 5.26. The number of rotatable bonds is 4. The van der Waals surface area contributed by atoms with Crippen LogP contribution in [0.4, 0.5) is 0 Å². The third kappa shape index (κ3) is 6.06. The largest absolute Gasteiger partial charge is 0.462 e. The van der Waals surface area contributed by atoms with E-state index in [1.807, 2.05) is 62.3 Å². The van der Waals surface area contributed by atoms with Gasteiger partial charge in [0.2, 0.25) is 0 Å². The van der Waals surface area contributed by atoms with Crippen molar-refractivity contribution in [3.8, 4) is 0 Å². The Balaban J connectivity index is 3.53. The van der Waals surface area contributed by atoms with Gasteiger partial charge in [-0.2, -0.15) is 0 Å². The zero-order valence-electron chi connectivity index (χ0n) is 17.9. The van der Waals surface area contributed by atoms with Crippen molar-refractivity contribution in [1.82, 2.24) is 0 Å². The minimum absolute atomic E-state index is 0.0113. The van der Waals surface area contributed by atoms with Crippen molar-refractivity contribution >= 4 is 11.8 Å². The fourth-order valence-corrected chi connectivity index (χ4v) is 2.49. The lowest BCUT2D eigenvalue weighted by Crippen LogP contribution is -2.43. The molecule has 0 aromatic rings. The Bertz CT molecular complexity index is 584. The van der Waals surface area contributed by atoms with E-state index in [9.17, 15) is 9.59 Å². The first-order valence-corrected chi connectivity index (χ1v) is 8.98. The van der Waals surface area contributed by atoms with Gasteiger partial charge in [-0.25, -0.2) is 9.78 Å². The maximum Gasteiger partial charge on any atom is 0.302 e. The molecule has 0 aliphatic heterocycles. The van der Waals surface area contributed by atoms with Crippen molar-refractivity contribution in [3.05, 3.63) is 23.3 Å². The van der Waals surface area contributed by atoms with Crippen molar-refractivity contribution in [2.75, 3.05) is 6.61 Å². The van der Waals surface area contributed by atoms with E-state index in [0.717, 1.165) is 0 Å². The smallest absolute Gasteiger partial charge is 0.302 e. The van der Waals surface area contributed by atoms with E-state index in [0.29, 0.717) is 11.1 Å².